The number of nitrogens with zero attached hydrogens (tertiary/aromatic N) is 2. The molecule has 2 heterocycles. The number of alkyl carbamates (subject to hydrolysis) is 2. The van der Waals surface area contributed by atoms with Gasteiger partial charge in [-0.1, -0.05) is 100 Å². The lowest BCUT2D eigenvalue weighted by atomic mass is 9.91. The van der Waals surface area contributed by atoms with Crippen LogP contribution in [0.4, 0.5) is 9.59 Å². The topological polar surface area (TPSA) is 181 Å². The first-order valence-corrected chi connectivity index (χ1v) is 18.0. The van der Waals surface area contributed by atoms with Gasteiger partial charge in [-0.15, -0.1) is 0 Å². The molecular weight excluding hydrogens is 688 g/mol. The normalized spacial score (nSPS) is 13.8. The standard InChI is InChI=1S/C41H50N6O7/c1-27(2)35(46-40(51)53-25-31-17-11-19-42-23-31)38(49)44-33(21-29-13-7-5-8-14-29)37(48)34(22-30-15-9-6-10-16-30)45-39(50)36(28(3)4)47-41(52)54-26-32-18-12-20-43-24-32/h5-20,23-24,27-28,33-37,48H,21-22,25-26H2,1-4H3,(H,44,49)(H,45,50)(H,46,51)(H,47,52)/t33-,34-,35?,36?,37?/m0/s1. The van der Waals surface area contributed by atoms with Crippen molar-refractivity contribution in [1.82, 2.24) is 31.2 Å². The Balaban J connectivity index is 1.54. The van der Waals surface area contributed by atoms with Crippen molar-refractivity contribution < 1.29 is 33.8 Å². The molecule has 4 aromatic rings. The number of carbonyl (C=O) groups is 4. The zero-order chi connectivity index (χ0) is 38.9. The molecule has 54 heavy (non-hydrogen) atoms. The molecule has 0 aliphatic heterocycles. The molecule has 2 unspecified atom stereocenters. The fourth-order valence-corrected chi connectivity index (χ4v) is 5.75. The van der Waals surface area contributed by atoms with Gasteiger partial charge in [0, 0.05) is 35.9 Å². The highest BCUT2D eigenvalue weighted by molar-refractivity contribution is 5.87. The molecule has 0 saturated carbocycles. The molecule has 0 bridgehead atoms. The fourth-order valence-electron chi connectivity index (χ4n) is 5.75. The second-order valence-electron chi connectivity index (χ2n) is 13.7. The Morgan fingerprint density at radius 3 is 1.26 bits per heavy atom. The minimum absolute atomic E-state index is 0.0310. The lowest BCUT2D eigenvalue weighted by Gasteiger charge is -2.34. The molecule has 4 atom stereocenters. The fraction of sp³-hybridized carbons (Fsp3) is 0.366. The summed E-state index contributed by atoms with van der Waals surface area (Å²) in [5.41, 5.74) is 3.03. The van der Waals surface area contributed by atoms with Crippen molar-refractivity contribution in [3.63, 3.8) is 0 Å². The van der Waals surface area contributed by atoms with Crippen molar-refractivity contribution in [2.75, 3.05) is 0 Å². The molecule has 0 spiro atoms. The molecule has 5 N–H and O–H groups in total. The van der Waals surface area contributed by atoms with Crippen LogP contribution in [-0.4, -0.2) is 69.3 Å². The van der Waals surface area contributed by atoms with E-state index in [9.17, 15) is 24.3 Å². The number of carbonyl (C=O) groups excluding carboxylic acids is 4. The van der Waals surface area contributed by atoms with Crippen molar-refractivity contribution in [1.29, 1.82) is 0 Å². The molecule has 4 rings (SSSR count). The van der Waals surface area contributed by atoms with Crippen LogP contribution in [0.25, 0.3) is 0 Å². The number of aliphatic hydroxyl groups excluding tert-OH is 1. The maximum absolute atomic E-state index is 13.9. The van der Waals surface area contributed by atoms with E-state index in [0.717, 1.165) is 11.1 Å². The number of rotatable bonds is 18. The molecule has 2 aromatic carbocycles. The van der Waals surface area contributed by atoms with E-state index >= 15 is 0 Å². The minimum Gasteiger partial charge on any atom is -0.445 e. The number of nitrogens with one attached hydrogen (secondary N) is 4. The van der Waals surface area contributed by atoms with Gasteiger partial charge in [0.1, 0.15) is 25.3 Å². The molecule has 286 valence electrons. The predicted octanol–water partition coefficient (Wildman–Crippen LogP) is 4.49. The minimum atomic E-state index is -1.32. The average molecular weight is 739 g/mol. The van der Waals surface area contributed by atoms with Crippen LogP contribution in [0.5, 0.6) is 0 Å². The zero-order valence-corrected chi connectivity index (χ0v) is 31.1. The van der Waals surface area contributed by atoms with Gasteiger partial charge in [-0.25, -0.2) is 9.59 Å². The first-order valence-electron chi connectivity index (χ1n) is 18.0. The molecule has 0 aliphatic carbocycles. The molecule has 0 radical (unpaired) electrons. The van der Waals surface area contributed by atoms with E-state index in [2.05, 4.69) is 31.2 Å². The summed E-state index contributed by atoms with van der Waals surface area (Å²) in [6.45, 7) is 7.08. The molecule has 13 heteroatoms. The second-order valence-corrected chi connectivity index (χ2v) is 13.7. The highest BCUT2D eigenvalue weighted by Gasteiger charge is 2.35. The summed E-state index contributed by atoms with van der Waals surface area (Å²) in [7, 11) is 0. The molecule has 0 saturated heterocycles. The van der Waals surface area contributed by atoms with Gasteiger partial charge < -0.3 is 35.8 Å². The van der Waals surface area contributed by atoms with Crippen LogP contribution in [0.15, 0.2) is 110 Å². The Morgan fingerprint density at radius 2 is 0.926 bits per heavy atom. The van der Waals surface area contributed by atoms with E-state index in [1.54, 1.807) is 76.7 Å². The van der Waals surface area contributed by atoms with Crippen molar-refractivity contribution in [3.05, 3.63) is 132 Å². The summed E-state index contributed by atoms with van der Waals surface area (Å²) in [4.78, 5) is 61.5. The van der Waals surface area contributed by atoms with E-state index in [1.807, 2.05) is 60.7 Å². The van der Waals surface area contributed by atoms with E-state index < -0.39 is 54.3 Å². The van der Waals surface area contributed by atoms with Crippen molar-refractivity contribution in [2.24, 2.45) is 11.8 Å². The van der Waals surface area contributed by atoms with E-state index in [4.69, 9.17) is 9.47 Å². The molecule has 13 nitrogen and oxygen atoms in total. The number of pyridine rings is 2. The SMILES string of the molecule is CC(C)C(NC(=O)OCc1cccnc1)C(=O)N[C@@H](Cc1ccccc1)C(O)[C@H](Cc1ccccc1)NC(=O)C(NC(=O)OCc1cccnc1)C(C)C. The molecular formula is C41H50N6O7. The van der Waals surface area contributed by atoms with Crippen LogP contribution in [0.3, 0.4) is 0 Å². The van der Waals surface area contributed by atoms with Crippen molar-refractivity contribution >= 4 is 24.0 Å². The highest BCUT2D eigenvalue weighted by Crippen LogP contribution is 2.16. The molecule has 2 aromatic heterocycles. The molecule has 0 aliphatic rings. The summed E-state index contributed by atoms with van der Waals surface area (Å²) in [5.74, 6) is -1.76. The number of ether oxygens (including phenoxy) is 2. The van der Waals surface area contributed by atoms with Gasteiger partial charge in [0.15, 0.2) is 0 Å². The summed E-state index contributed by atoms with van der Waals surface area (Å²) < 4.78 is 10.7. The van der Waals surface area contributed by atoms with Gasteiger partial charge in [0.05, 0.1) is 18.2 Å². The van der Waals surface area contributed by atoms with E-state index in [-0.39, 0.29) is 37.9 Å². The lowest BCUT2D eigenvalue weighted by Crippen LogP contribution is -2.61. The average Bonchev–Trinajstić information content (AvgIpc) is 3.17. The zero-order valence-electron chi connectivity index (χ0n) is 31.1. The number of amides is 4. The Labute approximate surface area is 316 Å². The number of hydrogen-bond acceptors (Lipinski definition) is 9. The van der Waals surface area contributed by atoms with Gasteiger partial charge in [-0.3, -0.25) is 19.6 Å². The smallest absolute Gasteiger partial charge is 0.408 e. The first-order chi connectivity index (χ1) is 26.0. The second kappa shape index (κ2) is 21.0. The quantitative estimate of drug-likeness (QED) is 0.0983. The number of aromatic nitrogens is 2. The van der Waals surface area contributed by atoms with Gasteiger partial charge in [0.25, 0.3) is 0 Å². The Kier molecular flexibility index (Phi) is 15.9. The maximum atomic E-state index is 13.9. The van der Waals surface area contributed by atoms with Crippen LogP contribution >= 0.6 is 0 Å². The van der Waals surface area contributed by atoms with Gasteiger partial charge in [-0.05, 0) is 47.9 Å². The molecule has 4 amide bonds. The Hall–Kier alpha value is -5.82. The van der Waals surface area contributed by atoms with Crippen molar-refractivity contribution in [3.8, 4) is 0 Å². The third kappa shape index (κ3) is 13.3. The Bertz CT molecular complexity index is 1620. The summed E-state index contributed by atoms with van der Waals surface area (Å²) in [5, 5.41) is 23.4. The highest BCUT2D eigenvalue weighted by atomic mass is 16.6. The largest absolute Gasteiger partial charge is 0.445 e. The van der Waals surface area contributed by atoms with Gasteiger partial charge >= 0.3 is 12.2 Å². The maximum Gasteiger partial charge on any atom is 0.408 e. The lowest BCUT2D eigenvalue weighted by molar-refractivity contribution is -0.126. The van der Waals surface area contributed by atoms with Crippen LogP contribution in [0.2, 0.25) is 0 Å². The van der Waals surface area contributed by atoms with Crippen LogP contribution < -0.4 is 21.3 Å². The summed E-state index contributed by atoms with van der Waals surface area (Å²) in [6.07, 6.45) is 3.90. The number of hydrogen-bond donors (Lipinski definition) is 5. The van der Waals surface area contributed by atoms with Crippen LogP contribution in [0, 0.1) is 11.8 Å². The summed E-state index contributed by atoms with van der Waals surface area (Å²) in [6, 6.07) is 21.8. The van der Waals surface area contributed by atoms with E-state index in [0.29, 0.717) is 11.1 Å². The first kappa shape index (κ1) is 40.9. The predicted molar refractivity (Wildman–Crippen MR) is 203 cm³/mol. The third-order valence-corrected chi connectivity index (χ3v) is 8.71. The van der Waals surface area contributed by atoms with Crippen LogP contribution in [0.1, 0.15) is 49.9 Å². The third-order valence-electron chi connectivity index (χ3n) is 8.71. The monoisotopic (exact) mass is 738 g/mol. The van der Waals surface area contributed by atoms with Crippen LogP contribution in [-0.2, 0) is 45.1 Å². The summed E-state index contributed by atoms with van der Waals surface area (Å²) >= 11 is 0. The van der Waals surface area contributed by atoms with E-state index in [1.165, 1.54) is 0 Å². The number of benzene rings is 2. The Morgan fingerprint density at radius 1 is 0.556 bits per heavy atom. The van der Waals surface area contributed by atoms with Crippen molar-refractivity contribution in [2.45, 2.75) is 84.0 Å². The van der Waals surface area contributed by atoms with Gasteiger partial charge in [-0.2, -0.15) is 0 Å². The number of aliphatic hydroxyl groups is 1. The van der Waals surface area contributed by atoms with Gasteiger partial charge in [0.2, 0.25) is 11.8 Å². The molecule has 0 fully saturated rings.